The van der Waals surface area contributed by atoms with Crippen molar-refractivity contribution in [3.05, 3.63) is 47.7 Å². The lowest BCUT2D eigenvalue weighted by atomic mass is 9.85. The van der Waals surface area contributed by atoms with Gasteiger partial charge in [-0.25, -0.2) is 0 Å². The van der Waals surface area contributed by atoms with Crippen LogP contribution in [0.2, 0.25) is 18.1 Å². The smallest absolute Gasteiger partial charge is 0.192 e. The van der Waals surface area contributed by atoms with Crippen LogP contribution >= 0.6 is 0 Å². The van der Waals surface area contributed by atoms with Gasteiger partial charge in [0.05, 0.1) is 32.2 Å². The van der Waals surface area contributed by atoms with Crippen molar-refractivity contribution in [2.75, 3.05) is 13.2 Å². The van der Waals surface area contributed by atoms with E-state index in [1.807, 2.05) is 25.1 Å². The van der Waals surface area contributed by atoms with Crippen molar-refractivity contribution in [1.82, 2.24) is 0 Å². The van der Waals surface area contributed by atoms with Crippen LogP contribution in [0.3, 0.4) is 0 Å². The largest absolute Gasteiger partial charge is 0.502 e. The summed E-state index contributed by atoms with van der Waals surface area (Å²) in [5.74, 6) is -0.0514. The summed E-state index contributed by atoms with van der Waals surface area (Å²) in [5.41, 5.74) is 2.35. The molecule has 0 spiro atoms. The molecule has 1 aromatic rings. The van der Waals surface area contributed by atoms with E-state index in [0.717, 1.165) is 5.56 Å². The SMILES string of the molecule is CCO/C=C/[C@@H]1c2ccccc2CO[C@@H]1[C@H](O)CO[Si](C)(C)C(C)(C)C. The minimum absolute atomic E-state index is 0.0514. The highest BCUT2D eigenvalue weighted by Crippen LogP contribution is 2.38. The summed E-state index contributed by atoms with van der Waals surface area (Å²) in [7, 11) is -1.91. The molecule has 146 valence electrons. The van der Waals surface area contributed by atoms with Gasteiger partial charge in [0.2, 0.25) is 0 Å². The third kappa shape index (κ3) is 4.97. The van der Waals surface area contributed by atoms with Gasteiger partial charge in [0.15, 0.2) is 8.32 Å². The van der Waals surface area contributed by atoms with Crippen molar-refractivity contribution < 1.29 is 19.0 Å². The number of aliphatic hydroxyl groups excluding tert-OH is 1. The van der Waals surface area contributed by atoms with Gasteiger partial charge in [-0.2, -0.15) is 0 Å². The van der Waals surface area contributed by atoms with E-state index in [9.17, 15) is 5.11 Å². The maximum atomic E-state index is 10.9. The van der Waals surface area contributed by atoms with Crippen molar-refractivity contribution in [1.29, 1.82) is 0 Å². The molecule has 0 bridgehead atoms. The van der Waals surface area contributed by atoms with E-state index in [-0.39, 0.29) is 17.1 Å². The average molecular weight is 379 g/mol. The van der Waals surface area contributed by atoms with Crippen LogP contribution < -0.4 is 0 Å². The Morgan fingerprint density at radius 2 is 2.00 bits per heavy atom. The maximum Gasteiger partial charge on any atom is 0.192 e. The highest BCUT2D eigenvalue weighted by atomic mass is 28.4. The fraction of sp³-hybridized carbons (Fsp3) is 0.619. The molecule has 1 aromatic carbocycles. The van der Waals surface area contributed by atoms with Crippen molar-refractivity contribution in [2.24, 2.45) is 0 Å². The van der Waals surface area contributed by atoms with Crippen LogP contribution in [-0.4, -0.2) is 38.8 Å². The molecular weight excluding hydrogens is 344 g/mol. The zero-order valence-electron chi connectivity index (χ0n) is 17.0. The monoisotopic (exact) mass is 378 g/mol. The summed E-state index contributed by atoms with van der Waals surface area (Å²) in [6.07, 6.45) is 2.67. The van der Waals surface area contributed by atoms with E-state index < -0.39 is 14.4 Å². The van der Waals surface area contributed by atoms with Crippen molar-refractivity contribution in [2.45, 2.75) is 70.6 Å². The fourth-order valence-electron chi connectivity index (χ4n) is 2.86. The third-order valence-corrected chi connectivity index (χ3v) is 10.0. The molecule has 0 saturated carbocycles. The second-order valence-corrected chi connectivity index (χ2v) is 13.2. The van der Waals surface area contributed by atoms with Crippen LogP contribution in [0.5, 0.6) is 0 Å². The van der Waals surface area contributed by atoms with Crippen molar-refractivity contribution in [3.8, 4) is 0 Å². The van der Waals surface area contributed by atoms with Crippen LogP contribution in [0.25, 0.3) is 0 Å². The lowest BCUT2D eigenvalue weighted by Crippen LogP contribution is -2.46. The minimum Gasteiger partial charge on any atom is -0.502 e. The molecule has 1 aliphatic heterocycles. The first-order valence-corrected chi connectivity index (χ1v) is 12.4. The van der Waals surface area contributed by atoms with E-state index >= 15 is 0 Å². The van der Waals surface area contributed by atoms with Gasteiger partial charge in [-0.05, 0) is 42.3 Å². The predicted molar refractivity (Wildman–Crippen MR) is 108 cm³/mol. The molecule has 26 heavy (non-hydrogen) atoms. The van der Waals surface area contributed by atoms with Crippen molar-refractivity contribution in [3.63, 3.8) is 0 Å². The van der Waals surface area contributed by atoms with Gasteiger partial charge >= 0.3 is 0 Å². The standard InChI is InChI=1S/C21H34O4Si/c1-7-23-13-12-18-17-11-9-8-10-16(17)14-24-20(18)19(22)15-25-26(5,6)21(2,3)4/h8-13,18-20,22H,7,14-15H2,1-6H3/b13-12+/t18-,19-,20+/m1/s1. The molecule has 0 fully saturated rings. The van der Waals surface area contributed by atoms with Crippen LogP contribution in [0.15, 0.2) is 36.6 Å². The average Bonchev–Trinajstić information content (AvgIpc) is 2.59. The first-order valence-electron chi connectivity index (χ1n) is 9.47. The summed E-state index contributed by atoms with van der Waals surface area (Å²) in [5, 5.41) is 11.0. The van der Waals surface area contributed by atoms with Crippen molar-refractivity contribution >= 4 is 8.32 Å². The molecule has 1 heterocycles. The molecule has 0 aromatic heterocycles. The van der Waals surface area contributed by atoms with E-state index in [1.54, 1.807) is 6.26 Å². The molecule has 2 rings (SSSR count). The minimum atomic E-state index is -1.91. The number of aliphatic hydroxyl groups is 1. The van der Waals surface area contributed by atoms with Crippen LogP contribution in [0, 0.1) is 0 Å². The Morgan fingerprint density at radius 3 is 2.65 bits per heavy atom. The zero-order valence-corrected chi connectivity index (χ0v) is 18.0. The summed E-state index contributed by atoms with van der Waals surface area (Å²) in [4.78, 5) is 0. The second-order valence-electron chi connectivity index (χ2n) is 8.42. The summed E-state index contributed by atoms with van der Waals surface area (Å²) in [6, 6.07) is 8.23. The van der Waals surface area contributed by atoms with Gasteiger partial charge in [0, 0.05) is 5.92 Å². The quantitative estimate of drug-likeness (QED) is 0.556. The zero-order chi connectivity index (χ0) is 19.4. The predicted octanol–water partition coefficient (Wildman–Crippen LogP) is 4.60. The molecule has 0 amide bonds. The van der Waals surface area contributed by atoms with E-state index in [0.29, 0.717) is 19.8 Å². The maximum absolute atomic E-state index is 10.9. The summed E-state index contributed by atoms with van der Waals surface area (Å²) >= 11 is 0. The number of ether oxygens (including phenoxy) is 2. The first kappa shape index (κ1) is 21.2. The van der Waals surface area contributed by atoms with Gasteiger partial charge in [-0.3, -0.25) is 0 Å². The van der Waals surface area contributed by atoms with Crippen LogP contribution in [0.1, 0.15) is 44.7 Å². The van der Waals surface area contributed by atoms with Gasteiger partial charge < -0.3 is 19.0 Å². The Labute approximate surface area is 159 Å². The Hall–Kier alpha value is -1.14. The molecule has 0 radical (unpaired) electrons. The molecular formula is C21H34O4Si. The van der Waals surface area contributed by atoms with Gasteiger partial charge in [-0.15, -0.1) is 0 Å². The normalized spacial score (nSPS) is 22.3. The van der Waals surface area contributed by atoms with Gasteiger partial charge in [0.25, 0.3) is 0 Å². The Morgan fingerprint density at radius 1 is 1.31 bits per heavy atom. The van der Waals surface area contributed by atoms with E-state index in [1.165, 1.54) is 5.56 Å². The lowest BCUT2D eigenvalue weighted by Gasteiger charge is -2.39. The molecule has 0 saturated heterocycles. The molecule has 5 heteroatoms. The highest BCUT2D eigenvalue weighted by molar-refractivity contribution is 6.74. The van der Waals surface area contributed by atoms with E-state index in [4.69, 9.17) is 13.9 Å². The highest BCUT2D eigenvalue weighted by Gasteiger charge is 2.40. The Balaban J connectivity index is 2.15. The molecule has 4 nitrogen and oxygen atoms in total. The summed E-state index contributed by atoms with van der Waals surface area (Å²) in [6.45, 7) is 14.4. The first-order chi connectivity index (χ1) is 12.2. The molecule has 0 unspecified atom stereocenters. The van der Waals surface area contributed by atoms with Crippen LogP contribution in [-0.2, 0) is 20.5 Å². The number of hydrogen-bond acceptors (Lipinski definition) is 4. The third-order valence-electron chi connectivity index (χ3n) is 5.55. The number of benzene rings is 1. The second kappa shape index (κ2) is 8.70. The van der Waals surface area contributed by atoms with E-state index in [2.05, 4.69) is 46.0 Å². The number of hydrogen-bond donors (Lipinski definition) is 1. The van der Waals surface area contributed by atoms with Gasteiger partial charge in [-0.1, -0.05) is 45.0 Å². The Bertz CT molecular complexity index is 606. The molecule has 1 aliphatic rings. The number of rotatable bonds is 7. The van der Waals surface area contributed by atoms with Crippen LogP contribution in [0.4, 0.5) is 0 Å². The van der Waals surface area contributed by atoms with Gasteiger partial charge in [0.1, 0.15) is 6.10 Å². The molecule has 3 atom stereocenters. The number of fused-ring (bicyclic) bond motifs is 1. The molecule has 0 aliphatic carbocycles. The summed E-state index contributed by atoms with van der Waals surface area (Å²) < 4.78 is 17.7. The lowest BCUT2D eigenvalue weighted by molar-refractivity contribution is -0.0771. The Kier molecular flexibility index (Phi) is 7.08. The topological polar surface area (TPSA) is 47.9 Å². The fourth-order valence-corrected chi connectivity index (χ4v) is 3.88. The molecule has 1 N–H and O–H groups in total.